The summed E-state index contributed by atoms with van der Waals surface area (Å²) in [5.74, 6) is -0.0626. The van der Waals surface area contributed by atoms with E-state index in [0.29, 0.717) is 38.2 Å². The summed E-state index contributed by atoms with van der Waals surface area (Å²) in [5.41, 5.74) is 0.668. The molecule has 1 saturated heterocycles. The molecule has 1 amide bonds. The third kappa shape index (κ3) is 5.17. The van der Waals surface area contributed by atoms with Crippen LogP contribution in [0.3, 0.4) is 0 Å². The summed E-state index contributed by atoms with van der Waals surface area (Å²) in [4.78, 5) is 16.1. The topological polar surface area (TPSA) is 43.8 Å². The third-order valence-corrected chi connectivity index (χ3v) is 5.03. The largest absolute Gasteiger partial charge is 0.506 e. The van der Waals surface area contributed by atoms with E-state index in [4.69, 9.17) is 11.6 Å². The normalized spacial score (nSPS) is 16.3. The van der Waals surface area contributed by atoms with Crippen LogP contribution in [0.1, 0.15) is 23.1 Å². The van der Waals surface area contributed by atoms with Gasteiger partial charge in [0.15, 0.2) is 0 Å². The van der Waals surface area contributed by atoms with Gasteiger partial charge in [0.2, 0.25) is 5.91 Å². The Morgan fingerprint density at radius 3 is 2.46 bits per heavy atom. The average Bonchev–Trinajstić information content (AvgIpc) is 2.80. The van der Waals surface area contributed by atoms with Crippen LogP contribution in [0, 0.1) is 0 Å². The molecule has 2 aromatic carbocycles. The number of rotatable bonds is 4. The monoisotopic (exact) mass is 412 g/mol. The van der Waals surface area contributed by atoms with E-state index in [1.807, 2.05) is 0 Å². The molecule has 0 radical (unpaired) electrons. The smallest absolute Gasteiger partial charge is 0.416 e. The van der Waals surface area contributed by atoms with Crippen LogP contribution in [0.25, 0.3) is 0 Å². The van der Waals surface area contributed by atoms with Gasteiger partial charge in [-0.05, 0) is 35.4 Å². The lowest BCUT2D eigenvalue weighted by molar-refractivity contribution is -0.137. The Kier molecular flexibility index (Phi) is 6.15. The molecule has 0 bridgehead atoms. The second kappa shape index (κ2) is 8.41. The van der Waals surface area contributed by atoms with Crippen LogP contribution in [-0.2, 0) is 24.1 Å². The number of aromatic hydroxyl groups is 1. The maximum atomic E-state index is 12.9. The van der Waals surface area contributed by atoms with Gasteiger partial charge < -0.3 is 10.0 Å². The van der Waals surface area contributed by atoms with E-state index in [1.54, 1.807) is 23.1 Å². The summed E-state index contributed by atoms with van der Waals surface area (Å²) < 4.78 is 38.7. The number of benzene rings is 2. The first kappa shape index (κ1) is 20.5. The van der Waals surface area contributed by atoms with E-state index in [-0.39, 0.29) is 23.2 Å². The van der Waals surface area contributed by atoms with Crippen molar-refractivity contribution in [1.29, 1.82) is 0 Å². The SMILES string of the molecule is O=C1CCN(Cc2ccc(O)c(Cl)c2)CCN1Cc1cccc(C(F)(F)F)c1. The molecule has 2 aromatic rings. The second-order valence-corrected chi connectivity index (χ2v) is 7.23. The van der Waals surface area contributed by atoms with Crippen molar-refractivity contribution < 1.29 is 23.1 Å². The molecule has 8 heteroatoms. The number of nitrogens with zero attached hydrogens (tertiary/aromatic N) is 2. The van der Waals surface area contributed by atoms with E-state index < -0.39 is 11.7 Å². The number of amides is 1. The highest BCUT2D eigenvalue weighted by Crippen LogP contribution is 2.30. The summed E-state index contributed by atoms with van der Waals surface area (Å²) >= 11 is 5.93. The Balaban J connectivity index is 1.64. The minimum atomic E-state index is -4.40. The molecular weight excluding hydrogens is 393 g/mol. The molecule has 4 nitrogen and oxygen atoms in total. The highest BCUT2D eigenvalue weighted by molar-refractivity contribution is 6.32. The average molecular weight is 413 g/mol. The molecule has 3 rings (SSSR count). The predicted molar refractivity (Wildman–Crippen MR) is 99.9 cm³/mol. The number of halogens is 4. The summed E-state index contributed by atoms with van der Waals surface area (Å²) in [6.45, 7) is 2.31. The van der Waals surface area contributed by atoms with Crippen LogP contribution in [0.15, 0.2) is 42.5 Å². The Morgan fingerprint density at radius 2 is 1.75 bits per heavy atom. The summed E-state index contributed by atoms with van der Waals surface area (Å²) in [6.07, 6.45) is -4.11. The number of carbonyl (C=O) groups is 1. The van der Waals surface area contributed by atoms with Crippen molar-refractivity contribution in [1.82, 2.24) is 9.80 Å². The molecule has 1 fully saturated rings. The van der Waals surface area contributed by atoms with Crippen LogP contribution >= 0.6 is 11.6 Å². The first-order valence-corrected chi connectivity index (χ1v) is 9.24. The lowest BCUT2D eigenvalue weighted by Crippen LogP contribution is -2.32. The molecule has 1 heterocycles. The minimum absolute atomic E-state index is 0.0173. The van der Waals surface area contributed by atoms with Crippen molar-refractivity contribution in [2.75, 3.05) is 19.6 Å². The zero-order chi connectivity index (χ0) is 20.3. The Hall–Kier alpha value is -2.25. The van der Waals surface area contributed by atoms with Gasteiger partial charge in [0.1, 0.15) is 5.75 Å². The molecule has 0 spiro atoms. The van der Waals surface area contributed by atoms with Crippen molar-refractivity contribution in [3.8, 4) is 5.75 Å². The van der Waals surface area contributed by atoms with Gasteiger partial charge in [-0.1, -0.05) is 29.8 Å². The standard InChI is InChI=1S/C20H20ClF3N2O2/c21-17-11-15(4-5-18(17)27)12-25-7-6-19(28)26(9-8-25)13-14-2-1-3-16(10-14)20(22,23)24/h1-5,10-11,27H,6-9,12-13H2. The van der Waals surface area contributed by atoms with Gasteiger partial charge in [0, 0.05) is 39.1 Å². The van der Waals surface area contributed by atoms with Crippen LogP contribution in [-0.4, -0.2) is 40.4 Å². The Labute approximate surface area is 166 Å². The summed E-state index contributed by atoms with van der Waals surface area (Å²) in [5, 5.41) is 9.78. The number of carbonyl (C=O) groups excluding carboxylic acids is 1. The Bertz CT molecular complexity index is 858. The maximum Gasteiger partial charge on any atom is 0.416 e. The molecule has 1 aliphatic rings. The molecule has 1 N–H and O–H groups in total. The van der Waals surface area contributed by atoms with Crippen LogP contribution < -0.4 is 0 Å². The Morgan fingerprint density at radius 1 is 1.00 bits per heavy atom. The molecular formula is C20H20ClF3N2O2. The molecule has 28 heavy (non-hydrogen) atoms. The molecule has 0 aromatic heterocycles. The van der Waals surface area contributed by atoms with Crippen molar-refractivity contribution in [2.24, 2.45) is 0 Å². The maximum absolute atomic E-state index is 12.9. The van der Waals surface area contributed by atoms with Gasteiger partial charge in [-0.2, -0.15) is 13.2 Å². The molecule has 1 aliphatic heterocycles. The fourth-order valence-corrected chi connectivity index (χ4v) is 3.41. The number of hydrogen-bond acceptors (Lipinski definition) is 3. The van der Waals surface area contributed by atoms with Gasteiger partial charge in [0.25, 0.3) is 0 Å². The van der Waals surface area contributed by atoms with Crippen LogP contribution in [0.2, 0.25) is 5.02 Å². The van der Waals surface area contributed by atoms with Gasteiger partial charge in [-0.3, -0.25) is 9.69 Å². The molecule has 0 unspecified atom stereocenters. The van der Waals surface area contributed by atoms with Crippen LogP contribution in [0.5, 0.6) is 5.75 Å². The first-order valence-electron chi connectivity index (χ1n) is 8.86. The third-order valence-electron chi connectivity index (χ3n) is 4.73. The number of phenols is 1. The predicted octanol–water partition coefficient (Wildman–Crippen LogP) is 4.30. The lowest BCUT2D eigenvalue weighted by Gasteiger charge is -2.22. The lowest BCUT2D eigenvalue weighted by atomic mass is 10.1. The highest BCUT2D eigenvalue weighted by Gasteiger charge is 2.30. The zero-order valence-corrected chi connectivity index (χ0v) is 15.8. The fraction of sp³-hybridized carbons (Fsp3) is 0.350. The van der Waals surface area contributed by atoms with E-state index in [9.17, 15) is 23.1 Å². The molecule has 0 saturated carbocycles. The van der Waals surface area contributed by atoms with Crippen molar-refractivity contribution >= 4 is 17.5 Å². The number of hydrogen-bond donors (Lipinski definition) is 1. The van der Waals surface area contributed by atoms with E-state index in [1.165, 1.54) is 12.1 Å². The van der Waals surface area contributed by atoms with Crippen molar-refractivity contribution in [3.63, 3.8) is 0 Å². The van der Waals surface area contributed by atoms with Crippen molar-refractivity contribution in [3.05, 3.63) is 64.2 Å². The fourth-order valence-electron chi connectivity index (χ4n) is 3.21. The quantitative estimate of drug-likeness (QED) is 0.814. The van der Waals surface area contributed by atoms with Crippen LogP contribution in [0.4, 0.5) is 13.2 Å². The van der Waals surface area contributed by atoms with E-state index in [0.717, 1.165) is 17.7 Å². The molecule has 0 aliphatic carbocycles. The number of phenolic OH excluding ortho intramolecular Hbond substituents is 1. The number of alkyl halides is 3. The molecule has 150 valence electrons. The second-order valence-electron chi connectivity index (χ2n) is 6.83. The zero-order valence-electron chi connectivity index (χ0n) is 15.0. The summed E-state index contributed by atoms with van der Waals surface area (Å²) in [7, 11) is 0. The minimum Gasteiger partial charge on any atom is -0.506 e. The van der Waals surface area contributed by atoms with Gasteiger partial charge in [-0.25, -0.2) is 0 Å². The summed E-state index contributed by atoms with van der Waals surface area (Å²) in [6, 6.07) is 10.1. The van der Waals surface area contributed by atoms with E-state index in [2.05, 4.69) is 4.90 Å². The van der Waals surface area contributed by atoms with Gasteiger partial charge >= 0.3 is 6.18 Å². The van der Waals surface area contributed by atoms with E-state index >= 15 is 0 Å². The first-order chi connectivity index (χ1) is 13.2. The van der Waals surface area contributed by atoms with Gasteiger partial charge in [-0.15, -0.1) is 0 Å². The van der Waals surface area contributed by atoms with Gasteiger partial charge in [0.05, 0.1) is 10.6 Å². The highest BCUT2D eigenvalue weighted by atomic mass is 35.5. The van der Waals surface area contributed by atoms with Crippen molar-refractivity contribution in [2.45, 2.75) is 25.7 Å². The molecule has 0 atom stereocenters.